The normalized spacial score (nSPS) is 15.8. The molecule has 10 heteroatoms. The predicted molar refractivity (Wildman–Crippen MR) is 111 cm³/mol. The van der Waals surface area contributed by atoms with Crippen LogP contribution in [0.25, 0.3) is 0 Å². The van der Waals surface area contributed by atoms with Gasteiger partial charge in [0.15, 0.2) is 11.5 Å². The van der Waals surface area contributed by atoms with Crippen LogP contribution in [0.3, 0.4) is 0 Å². The summed E-state index contributed by atoms with van der Waals surface area (Å²) in [5, 5.41) is 9.15. The lowest BCUT2D eigenvalue weighted by Gasteiger charge is -2.25. The van der Waals surface area contributed by atoms with Gasteiger partial charge in [-0.25, -0.2) is 13.2 Å². The Morgan fingerprint density at radius 1 is 1.19 bits per heavy atom. The summed E-state index contributed by atoms with van der Waals surface area (Å²) in [6.07, 6.45) is -1.25. The molecule has 1 unspecified atom stereocenters. The van der Waals surface area contributed by atoms with Gasteiger partial charge in [0.05, 0.1) is 16.0 Å². The lowest BCUT2D eigenvalue weighted by molar-refractivity contribution is -0.147. The zero-order valence-electron chi connectivity index (χ0n) is 17.5. The number of benzene rings is 2. The summed E-state index contributed by atoms with van der Waals surface area (Å²) in [6, 6.07) is 8.65. The number of carboxylic acids is 1. The molecule has 0 spiro atoms. The van der Waals surface area contributed by atoms with Crippen molar-refractivity contribution in [1.82, 2.24) is 0 Å². The topological polar surface area (TPSA) is 128 Å². The number of hydrogen-bond donors (Lipinski definition) is 2. The molecule has 2 aromatic carbocycles. The van der Waals surface area contributed by atoms with E-state index in [4.69, 9.17) is 19.3 Å². The highest BCUT2D eigenvalue weighted by Gasteiger charge is 2.30. The zero-order valence-corrected chi connectivity index (χ0v) is 18.3. The highest BCUT2D eigenvalue weighted by Crippen LogP contribution is 2.40. The number of para-hydroxylation sites is 1. The maximum atomic E-state index is 12.9. The molecule has 1 heterocycles. The van der Waals surface area contributed by atoms with Crippen molar-refractivity contribution in [1.29, 1.82) is 0 Å². The van der Waals surface area contributed by atoms with Crippen molar-refractivity contribution in [2.24, 2.45) is 5.41 Å². The highest BCUT2D eigenvalue weighted by atomic mass is 32.2. The minimum Gasteiger partial charge on any atom is -0.485 e. The van der Waals surface area contributed by atoms with E-state index in [9.17, 15) is 18.0 Å². The van der Waals surface area contributed by atoms with Gasteiger partial charge in [0.2, 0.25) is 6.10 Å². The van der Waals surface area contributed by atoms with Crippen molar-refractivity contribution in [2.75, 3.05) is 11.3 Å². The maximum absolute atomic E-state index is 12.9. The van der Waals surface area contributed by atoms with Crippen LogP contribution >= 0.6 is 0 Å². The Kier molecular flexibility index (Phi) is 5.86. The number of carboxylic acid groups (broad SMARTS) is 1. The van der Waals surface area contributed by atoms with Crippen LogP contribution in [-0.2, 0) is 19.6 Å². The summed E-state index contributed by atoms with van der Waals surface area (Å²) in [6.45, 7) is 6.59. The van der Waals surface area contributed by atoms with Crippen LogP contribution in [0.5, 0.6) is 17.2 Å². The minimum atomic E-state index is -4.05. The number of esters is 1. The van der Waals surface area contributed by atoms with Gasteiger partial charge in [-0.1, -0.05) is 6.07 Å². The number of nitrogens with one attached hydrogen (secondary N) is 1. The van der Waals surface area contributed by atoms with Crippen LogP contribution < -0.4 is 18.9 Å². The molecule has 1 atom stereocenters. The lowest BCUT2D eigenvalue weighted by atomic mass is 9.97. The first-order valence-electron chi connectivity index (χ1n) is 9.39. The molecule has 1 aliphatic heterocycles. The second-order valence-corrected chi connectivity index (χ2v) is 9.74. The van der Waals surface area contributed by atoms with E-state index in [1.165, 1.54) is 24.3 Å². The molecule has 1 aliphatic rings. The maximum Gasteiger partial charge on any atom is 0.348 e. The number of ether oxygens (including phenoxy) is 3. The number of carbonyl (C=O) groups excluding carboxylic acids is 1. The first-order valence-corrected chi connectivity index (χ1v) is 10.9. The van der Waals surface area contributed by atoms with E-state index in [-0.39, 0.29) is 34.4 Å². The van der Waals surface area contributed by atoms with Gasteiger partial charge in [0.25, 0.3) is 10.0 Å². The van der Waals surface area contributed by atoms with Crippen molar-refractivity contribution >= 4 is 27.6 Å². The van der Waals surface area contributed by atoms with E-state index in [1.807, 2.05) is 0 Å². The standard InChI is InChI=1S/C21H23NO8S/c1-12-10-13(8-9-15(12)30-20(25)21(2,3)4)31(26,27)22-14-6-5-7-16-18(14)29-17(11-28-16)19(23)24/h5-10,17,22H,11H2,1-4H3,(H,23,24). The number of aliphatic carboxylic acids is 1. The van der Waals surface area contributed by atoms with Gasteiger partial charge in [-0.2, -0.15) is 0 Å². The third kappa shape index (κ3) is 4.91. The molecule has 2 N–H and O–H groups in total. The second kappa shape index (κ2) is 8.10. The molecule has 0 aliphatic carbocycles. The van der Waals surface area contributed by atoms with Crippen LogP contribution in [-0.4, -0.2) is 38.2 Å². The van der Waals surface area contributed by atoms with Crippen molar-refractivity contribution < 1.29 is 37.3 Å². The third-order valence-electron chi connectivity index (χ3n) is 4.42. The Morgan fingerprint density at radius 2 is 1.90 bits per heavy atom. The number of aryl methyl sites for hydroxylation is 1. The number of carbonyl (C=O) groups is 2. The van der Waals surface area contributed by atoms with Crippen molar-refractivity contribution in [3.63, 3.8) is 0 Å². The average molecular weight is 449 g/mol. The molecule has 0 saturated carbocycles. The summed E-state index contributed by atoms with van der Waals surface area (Å²) in [5.41, 5.74) is -0.202. The summed E-state index contributed by atoms with van der Waals surface area (Å²) >= 11 is 0. The number of sulfonamides is 1. The SMILES string of the molecule is Cc1cc(S(=O)(=O)Nc2cccc3c2OC(C(=O)O)CO3)ccc1OC(=O)C(C)(C)C. The van der Waals surface area contributed by atoms with E-state index in [0.29, 0.717) is 5.56 Å². The number of hydrogen-bond acceptors (Lipinski definition) is 7. The smallest absolute Gasteiger partial charge is 0.348 e. The molecular weight excluding hydrogens is 426 g/mol. The van der Waals surface area contributed by atoms with Gasteiger partial charge in [-0.3, -0.25) is 9.52 Å². The Bertz CT molecular complexity index is 1130. The van der Waals surface area contributed by atoms with E-state index in [2.05, 4.69) is 4.72 Å². The lowest BCUT2D eigenvalue weighted by Crippen LogP contribution is -2.36. The average Bonchev–Trinajstić information content (AvgIpc) is 2.68. The van der Waals surface area contributed by atoms with Gasteiger partial charge in [0, 0.05) is 0 Å². The molecule has 9 nitrogen and oxygen atoms in total. The molecule has 2 aromatic rings. The summed E-state index contributed by atoms with van der Waals surface area (Å²) < 4.78 is 44.4. The molecule has 0 saturated heterocycles. The highest BCUT2D eigenvalue weighted by molar-refractivity contribution is 7.92. The quantitative estimate of drug-likeness (QED) is 0.527. The fourth-order valence-electron chi connectivity index (χ4n) is 2.66. The molecule has 31 heavy (non-hydrogen) atoms. The summed E-state index contributed by atoms with van der Waals surface area (Å²) in [7, 11) is -4.05. The summed E-state index contributed by atoms with van der Waals surface area (Å²) in [5.74, 6) is -1.17. The Hall–Kier alpha value is -3.27. The Balaban J connectivity index is 1.86. The van der Waals surface area contributed by atoms with Gasteiger partial charge in [-0.15, -0.1) is 0 Å². The van der Waals surface area contributed by atoms with E-state index in [1.54, 1.807) is 39.8 Å². The van der Waals surface area contributed by atoms with Crippen molar-refractivity contribution in [3.8, 4) is 17.2 Å². The van der Waals surface area contributed by atoms with E-state index < -0.39 is 33.5 Å². The van der Waals surface area contributed by atoms with Crippen LogP contribution in [0, 0.1) is 12.3 Å². The zero-order chi connectivity index (χ0) is 23.0. The van der Waals surface area contributed by atoms with E-state index in [0.717, 1.165) is 0 Å². The number of rotatable bonds is 5. The molecule has 0 bridgehead atoms. The van der Waals surface area contributed by atoms with Gasteiger partial charge < -0.3 is 19.3 Å². The number of anilines is 1. The van der Waals surface area contributed by atoms with Crippen LogP contribution in [0.2, 0.25) is 0 Å². The van der Waals surface area contributed by atoms with Crippen LogP contribution in [0.4, 0.5) is 5.69 Å². The van der Waals surface area contributed by atoms with Gasteiger partial charge >= 0.3 is 11.9 Å². The van der Waals surface area contributed by atoms with E-state index >= 15 is 0 Å². The molecule has 0 amide bonds. The van der Waals surface area contributed by atoms with Gasteiger partial charge in [0.1, 0.15) is 12.4 Å². The fourth-order valence-corrected chi connectivity index (χ4v) is 3.80. The Labute approximate surface area is 180 Å². The molecule has 3 rings (SSSR count). The predicted octanol–water partition coefficient (Wildman–Crippen LogP) is 2.97. The van der Waals surface area contributed by atoms with Crippen LogP contribution in [0.15, 0.2) is 41.3 Å². The third-order valence-corrected chi connectivity index (χ3v) is 5.78. The largest absolute Gasteiger partial charge is 0.485 e. The molecule has 0 radical (unpaired) electrons. The van der Waals surface area contributed by atoms with Crippen molar-refractivity contribution in [3.05, 3.63) is 42.0 Å². The molecular formula is C21H23NO8S. The first-order chi connectivity index (χ1) is 14.4. The molecule has 0 aromatic heterocycles. The minimum absolute atomic E-state index is 0.00262. The first kappa shape index (κ1) is 22.4. The second-order valence-electron chi connectivity index (χ2n) is 8.06. The molecule has 0 fully saturated rings. The van der Waals surface area contributed by atoms with Crippen LogP contribution in [0.1, 0.15) is 26.3 Å². The fraction of sp³-hybridized carbons (Fsp3) is 0.333. The van der Waals surface area contributed by atoms with Crippen molar-refractivity contribution in [2.45, 2.75) is 38.7 Å². The Morgan fingerprint density at radius 3 is 2.52 bits per heavy atom. The molecule has 166 valence electrons. The number of fused-ring (bicyclic) bond motifs is 1. The monoisotopic (exact) mass is 449 g/mol. The summed E-state index contributed by atoms with van der Waals surface area (Å²) in [4.78, 5) is 23.2. The van der Waals surface area contributed by atoms with Gasteiger partial charge in [-0.05, 0) is 63.6 Å².